The maximum absolute atomic E-state index is 12.4. The van der Waals surface area contributed by atoms with Crippen LogP contribution in [0.1, 0.15) is 23.2 Å². The van der Waals surface area contributed by atoms with Crippen LogP contribution in [0.3, 0.4) is 0 Å². The lowest BCUT2D eigenvalue weighted by Crippen LogP contribution is -2.52. The number of urea groups is 1. The molecule has 1 aromatic heterocycles. The molecule has 142 valence electrons. The zero-order valence-electron chi connectivity index (χ0n) is 15.6. The zero-order valence-corrected chi connectivity index (χ0v) is 15.6. The van der Waals surface area contributed by atoms with Crippen molar-refractivity contribution in [3.05, 3.63) is 47.2 Å². The van der Waals surface area contributed by atoms with Gasteiger partial charge < -0.3 is 19.9 Å². The van der Waals surface area contributed by atoms with Crippen molar-refractivity contribution in [1.82, 2.24) is 20.4 Å². The second-order valence-electron chi connectivity index (χ2n) is 7.01. The summed E-state index contributed by atoms with van der Waals surface area (Å²) in [5.74, 6) is 1.75. The van der Waals surface area contributed by atoms with Gasteiger partial charge in [0.2, 0.25) is 0 Å². The number of ether oxygens (including phenoxy) is 1. The summed E-state index contributed by atoms with van der Waals surface area (Å²) < 4.78 is 5.15. The fourth-order valence-corrected chi connectivity index (χ4v) is 3.64. The fraction of sp³-hybridized carbons (Fsp3) is 0.450. The van der Waals surface area contributed by atoms with E-state index in [9.17, 15) is 4.79 Å². The molecule has 2 aliphatic rings. The van der Waals surface area contributed by atoms with Gasteiger partial charge in [-0.05, 0) is 48.6 Å². The number of nitrogens with one attached hydrogen (secondary N) is 1. The smallest absolute Gasteiger partial charge is 0.317 e. The molecule has 0 bridgehead atoms. The minimum Gasteiger partial charge on any atom is -0.497 e. The standard InChI is InChI=1S/C20H25N5O2/c1-27-17-7-5-15(6-8-17)14-21-20(26)25-11-9-24(10-12-25)19-13-16-3-2-4-18(16)22-23-19/h5-8,13H,2-4,9-12,14H2,1H3,(H,21,26). The van der Waals surface area contributed by atoms with E-state index in [1.165, 1.54) is 12.0 Å². The summed E-state index contributed by atoms with van der Waals surface area (Å²) >= 11 is 0. The monoisotopic (exact) mass is 367 g/mol. The van der Waals surface area contributed by atoms with Crippen LogP contribution in [-0.4, -0.2) is 54.4 Å². The first-order chi connectivity index (χ1) is 13.2. The number of hydrogen-bond acceptors (Lipinski definition) is 5. The summed E-state index contributed by atoms with van der Waals surface area (Å²) in [5, 5.41) is 11.7. The van der Waals surface area contributed by atoms with Crippen LogP contribution in [0, 0.1) is 0 Å². The highest BCUT2D eigenvalue weighted by Crippen LogP contribution is 2.23. The minimum absolute atomic E-state index is 0.0227. The number of carbonyl (C=O) groups excluding carboxylic acids is 1. The number of fused-ring (bicyclic) bond motifs is 1. The molecule has 0 saturated carbocycles. The number of piperazine rings is 1. The summed E-state index contributed by atoms with van der Waals surface area (Å²) in [5.41, 5.74) is 3.53. The van der Waals surface area contributed by atoms with Crippen LogP contribution in [0.5, 0.6) is 5.75 Å². The largest absolute Gasteiger partial charge is 0.497 e. The molecule has 4 rings (SSSR count). The second-order valence-corrected chi connectivity index (χ2v) is 7.01. The summed E-state index contributed by atoms with van der Waals surface area (Å²) in [4.78, 5) is 16.5. The molecule has 1 fully saturated rings. The molecule has 1 saturated heterocycles. The van der Waals surface area contributed by atoms with Crippen molar-refractivity contribution in [1.29, 1.82) is 0 Å². The molecular weight excluding hydrogens is 342 g/mol. The highest BCUT2D eigenvalue weighted by molar-refractivity contribution is 5.74. The average Bonchev–Trinajstić information content (AvgIpc) is 3.20. The molecule has 0 atom stereocenters. The van der Waals surface area contributed by atoms with Gasteiger partial charge in [-0.15, -0.1) is 5.10 Å². The van der Waals surface area contributed by atoms with Gasteiger partial charge in [-0.3, -0.25) is 0 Å². The van der Waals surface area contributed by atoms with Crippen molar-refractivity contribution < 1.29 is 9.53 Å². The molecule has 2 heterocycles. The quantitative estimate of drug-likeness (QED) is 0.895. The van der Waals surface area contributed by atoms with E-state index >= 15 is 0 Å². The van der Waals surface area contributed by atoms with Gasteiger partial charge in [0.15, 0.2) is 5.82 Å². The van der Waals surface area contributed by atoms with Gasteiger partial charge in [-0.1, -0.05) is 12.1 Å². The Balaban J connectivity index is 1.27. The van der Waals surface area contributed by atoms with E-state index in [2.05, 4.69) is 26.5 Å². The van der Waals surface area contributed by atoms with Crippen molar-refractivity contribution in [3.63, 3.8) is 0 Å². The van der Waals surface area contributed by atoms with Gasteiger partial charge in [0.05, 0.1) is 12.8 Å². The minimum atomic E-state index is -0.0227. The average molecular weight is 367 g/mol. The number of rotatable bonds is 4. The molecule has 1 aliphatic carbocycles. The van der Waals surface area contributed by atoms with Crippen LogP contribution >= 0.6 is 0 Å². The Morgan fingerprint density at radius 3 is 2.63 bits per heavy atom. The third-order valence-corrected chi connectivity index (χ3v) is 5.30. The number of aromatic nitrogens is 2. The van der Waals surface area contributed by atoms with Crippen LogP contribution in [-0.2, 0) is 19.4 Å². The second kappa shape index (κ2) is 7.82. The van der Waals surface area contributed by atoms with Crippen LogP contribution in [0.25, 0.3) is 0 Å². The molecule has 2 aromatic rings. The van der Waals surface area contributed by atoms with Crippen LogP contribution < -0.4 is 15.0 Å². The molecular formula is C20H25N5O2. The van der Waals surface area contributed by atoms with Crippen molar-refractivity contribution >= 4 is 11.8 Å². The number of nitrogens with zero attached hydrogens (tertiary/aromatic N) is 4. The van der Waals surface area contributed by atoms with Gasteiger partial charge in [-0.25, -0.2) is 4.79 Å². The normalized spacial score (nSPS) is 16.2. The Morgan fingerprint density at radius 2 is 1.89 bits per heavy atom. The van der Waals surface area contributed by atoms with E-state index in [1.807, 2.05) is 29.2 Å². The lowest BCUT2D eigenvalue weighted by atomic mass is 10.2. The number of anilines is 1. The Labute approximate surface area is 159 Å². The van der Waals surface area contributed by atoms with Crippen molar-refractivity contribution in [2.45, 2.75) is 25.8 Å². The van der Waals surface area contributed by atoms with Crippen molar-refractivity contribution in [2.24, 2.45) is 0 Å². The number of aryl methyl sites for hydroxylation is 2. The molecule has 27 heavy (non-hydrogen) atoms. The Kier molecular flexibility index (Phi) is 5.09. The highest BCUT2D eigenvalue weighted by Gasteiger charge is 2.23. The molecule has 0 unspecified atom stereocenters. The van der Waals surface area contributed by atoms with E-state index in [-0.39, 0.29) is 6.03 Å². The molecule has 0 spiro atoms. The lowest BCUT2D eigenvalue weighted by Gasteiger charge is -2.35. The number of carbonyl (C=O) groups is 1. The summed E-state index contributed by atoms with van der Waals surface area (Å²) in [6, 6.07) is 9.88. The van der Waals surface area contributed by atoms with Crippen molar-refractivity contribution in [2.75, 3.05) is 38.2 Å². The first-order valence-corrected chi connectivity index (χ1v) is 9.49. The summed E-state index contributed by atoms with van der Waals surface area (Å²) in [6.45, 7) is 3.45. The maximum atomic E-state index is 12.4. The van der Waals surface area contributed by atoms with Gasteiger partial charge >= 0.3 is 6.03 Å². The van der Waals surface area contributed by atoms with Crippen LogP contribution in [0.15, 0.2) is 30.3 Å². The Hall–Kier alpha value is -2.83. The van der Waals surface area contributed by atoms with Gasteiger partial charge in [0.1, 0.15) is 5.75 Å². The lowest BCUT2D eigenvalue weighted by molar-refractivity contribution is 0.194. The third-order valence-electron chi connectivity index (χ3n) is 5.30. The fourth-order valence-electron chi connectivity index (χ4n) is 3.64. The Bertz CT molecular complexity index is 801. The summed E-state index contributed by atoms with van der Waals surface area (Å²) in [7, 11) is 1.64. The first kappa shape index (κ1) is 17.6. The van der Waals surface area contributed by atoms with Crippen LogP contribution in [0.4, 0.5) is 10.6 Å². The molecule has 2 amide bonds. The topological polar surface area (TPSA) is 70.6 Å². The number of methoxy groups -OCH3 is 1. The van der Waals surface area contributed by atoms with E-state index in [1.54, 1.807) is 7.11 Å². The predicted octanol–water partition coefficient (Wildman–Crippen LogP) is 2.01. The predicted molar refractivity (Wildman–Crippen MR) is 103 cm³/mol. The van der Waals surface area contributed by atoms with Gasteiger partial charge in [-0.2, -0.15) is 5.10 Å². The molecule has 7 nitrogen and oxygen atoms in total. The Morgan fingerprint density at radius 1 is 1.11 bits per heavy atom. The van der Waals surface area contributed by atoms with E-state index in [4.69, 9.17) is 4.74 Å². The molecule has 7 heteroatoms. The molecule has 1 N–H and O–H groups in total. The number of hydrogen-bond donors (Lipinski definition) is 1. The SMILES string of the molecule is COc1ccc(CNC(=O)N2CCN(c3cc4c(nn3)CCC4)CC2)cc1. The number of amides is 2. The molecule has 1 aromatic carbocycles. The van der Waals surface area contributed by atoms with Crippen LogP contribution in [0.2, 0.25) is 0 Å². The van der Waals surface area contributed by atoms with E-state index in [0.717, 1.165) is 48.8 Å². The van der Waals surface area contributed by atoms with Gasteiger partial charge in [0, 0.05) is 32.7 Å². The van der Waals surface area contributed by atoms with Gasteiger partial charge in [0.25, 0.3) is 0 Å². The number of benzene rings is 1. The van der Waals surface area contributed by atoms with E-state index < -0.39 is 0 Å². The third kappa shape index (κ3) is 3.97. The zero-order chi connectivity index (χ0) is 18.6. The molecule has 1 aliphatic heterocycles. The molecule has 0 radical (unpaired) electrons. The first-order valence-electron chi connectivity index (χ1n) is 9.49. The summed E-state index contributed by atoms with van der Waals surface area (Å²) in [6.07, 6.45) is 3.33. The maximum Gasteiger partial charge on any atom is 0.317 e. The van der Waals surface area contributed by atoms with Crippen molar-refractivity contribution in [3.8, 4) is 5.75 Å². The van der Waals surface area contributed by atoms with E-state index in [0.29, 0.717) is 19.6 Å². The highest BCUT2D eigenvalue weighted by atomic mass is 16.5.